The van der Waals surface area contributed by atoms with Gasteiger partial charge < -0.3 is 30.6 Å². The zero-order valence-electron chi connectivity index (χ0n) is 32.5. The van der Waals surface area contributed by atoms with Gasteiger partial charge in [-0.3, -0.25) is 19.2 Å². The van der Waals surface area contributed by atoms with E-state index >= 15 is 0 Å². The number of carbonyl (C=O) groups excluding carboxylic acids is 4. The van der Waals surface area contributed by atoms with Gasteiger partial charge in [0.05, 0.1) is 50.2 Å². The summed E-state index contributed by atoms with van der Waals surface area (Å²) >= 11 is 0. The maximum atomic E-state index is 12.8. The maximum absolute atomic E-state index is 12.8. The summed E-state index contributed by atoms with van der Waals surface area (Å²) in [7, 11) is 0. The predicted octanol–water partition coefficient (Wildman–Crippen LogP) is 1.91. The third-order valence-corrected chi connectivity index (χ3v) is 5.63. The summed E-state index contributed by atoms with van der Waals surface area (Å²) in [5, 5.41) is 72.8. The van der Waals surface area contributed by atoms with E-state index < -0.39 is 11.5 Å². The zero-order valence-corrected chi connectivity index (χ0v) is 35.9. The van der Waals surface area contributed by atoms with Gasteiger partial charge in [0.15, 0.2) is 23.1 Å². The monoisotopic (exact) mass is 953 g/mol. The number of rotatable bonds is 4. The van der Waals surface area contributed by atoms with E-state index in [2.05, 4.69) is 19.9 Å². The largest absolute Gasteiger partial charge is 3.00 e. The summed E-state index contributed by atoms with van der Waals surface area (Å²) in [6.07, 6.45) is 4.22. The van der Waals surface area contributed by atoms with Crippen LogP contribution in [0.4, 0.5) is 0 Å². The molecule has 0 saturated carbocycles. The normalized spacial score (nSPS) is 10.7. The number of ketones is 4. The number of hydrogen-bond acceptors (Lipinski definition) is 15. The minimum atomic E-state index is -0.420. The minimum Gasteiger partial charge on any atom is -0.876 e. The van der Waals surface area contributed by atoms with Crippen LogP contribution < -0.4 is 30.6 Å². The van der Waals surface area contributed by atoms with Gasteiger partial charge in [-0.05, 0) is 76.3 Å². The molecule has 0 N–H and O–H groups in total. The number of carbonyl (C=O) groups is 4. The molecule has 15 nitrogen and oxygen atoms in total. The Kier molecular flexibility index (Phi) is 27.6. The first-order valence-corrected chi connectivity index (χ1v) is 16.0. The van der Waals surface area contributed by atoms with E-state index in [9.17, 15) is 49.8 Å². The Bertz CT molecular complexity index is 2010. The third kappa shape index (κ3) is 22.2. The molecule has 0 spiro atoms. The number of fused-ring (bicyclic) bond motifs is 4. The second-order valence-corrected chi connectivity index (χ2v) is 11.2. The minimum absolute atomic E-state index is 0. The summed E-state index contributed by atoms with van der Waals surface area (Å²) in [5.74, 6) is -2.34. The van der Waals surface area contributed by atoms with Crippen LogP contribution in [0, 0.1) is 11.3 Å². The molecule has 2 aromatic heterocycles. The summed E-state index contributed by atoms with van der Waals surface area (Å²) < 4.78 is 0. The summed E-state index contributed by atoms with van der Waals surface area (Å²) in [6.45, 7) is 12.2. The van der Waals surface area contributed by atoms with Crippen molar-refractivity contribution in [3.05, 3.63) is 95.9 Å². The molecule has 3 aromatic carbocycles. The molecule has 57 heavy (non-hydrogen) atoms. The molecule has 0 aliphatic carbocycles. The van der Waals surface area contributed by atoms with Crippen LogP contribution in [0.3, 0.4) is 0 Å². The molecule has 0 atom stereocenters. The van der Waals surface area contributed by atoms with Gasteiger partial charge in [-0.2, -0.15) is 5.26 Å². The summed E-state index contributed by atoms with van der Waals surface area (Å²) in [6, 6.07) is 16.0. The Hall–Kier alpha value is -5.96. The number of nitrogens with zero attached hydrogens (tertiary/aromatic N) is 5. The van der Waals surface area contributed by atoms with Gasteiger partial charge in [0, 0.05) is 6.92 Å². The molecule has 0 bridgehead atoms. The average molecular weight is 952 g/mol. The fraction of sp³-hybridized carbons (Fsp3) is 0.225. The molecule has 0 saturated heterocycles. The van der Waals surface area contributed by atoms with Crippen molar-refractivity contribution < 1.29 is 88.8 Å². The molecule has 17 heteroatoms. The van der Waals surface area contributed by atoms with Crippen LogP contribution in [-0.2, 0) is 58.1 Å². The van der Waals surface area contributed by atoms with Gasteiger partial charge >= 0.3 is 39.0 Å². The van der Waals surface area contributed by atoms with Crippen LogP contribution >= 0.6 is 0 Å². The molecular formula is C40H39N5O10Ru2. The number of benzene rings is 3. The number of para-hydroxylation sites is 4. The number of allylic oxidation sites excluding steroid dienone is 8. The average Bonchev–Trinajstić information content (AvgIpc) is 3.05. The van der Waals surface area contributed by atoms with Crippen LogP contribution in [0.2, 0.25) is 0 Å². The zero-order chi connectivity index (χ0) is 42.4. The van der Waals surface area contributed by atoms with E-state index in [-0.39, 0.29) is 107 Å². The van der Waals surface area contributed by atoms with Gasteiger partial charge in [0.1, 0.15) is 0 Å². The second-order valence-electron chi connectivity index (χ2n) is 11.2. The Morgan fingerprint density at radius 2 is 0.632 bits per heavy atom. The third-order valence-electron chi connectivity index (χ3n) is 5.63. The van der Waals surface area contributed by atoms with E-state index in [1.165, 1.54) is 62.3 Å². The Morgan fingerprint density at radius 1 is 0.474 bits per heavy atom. The SMILES string of the molecule is CC#N.CC(=O)/C=C(/C)[O-].CC(=O)/C=C(/C)[O-].CC(=O)/C=C(/C)[O-].CC(=O)/C=C(/C)[O-].[O-]c1c2nc3ccccc3nc2c([O-])c2nc3ccccc3nc12.[Ru+3].[Ru+3]. The van der Waals surface area contributed by atoms with E-state index in [0.717, 1.165) is 24.3 Å². The molecule has 5 aromatic rings. The smallest absolute Gasteiger partial charge is 0.876 e. The van der Waals surface area contributed by atoms with Gasteiger partial charge in [-0.25, -0.2) is 19.9 Å². The molecule has 2 radical (unpaired) electrons. The molecule has 0 fully saturated rings. The van der Waals surface area contributed by atoms with Crippen molar-refractivity contribution in [2.45, 2.75) is 62.3 Å². The van der Waals surface area contributed by atoms with Gasteiger partial charge in [-0.15, -0.1) is 23.0 Å². The predicted molar refractivity (Wildman–Crippen MR) is 196 cm³/mol. The van der Waals surface area contributed by atoms with Gasteiger partial charge in [-0.1, -0.05) is 63.5 Å². The quantitative estimate of drug-likeness (QED) is 0.108. The Labute approximate surface area is 355 Å². The van der Waals surface area contributed by atoms with Crippen molar-refractivity contribution in [1.29, 1.82) is 5.26 Å². The Balaban J connectivity index is -0.000000737. The fourth-order valence-electron chi connectivity index (χ4n) is 4.00. The molecule has 0 aliphatic rings. The number of nitriles is 1. The first-order valence-electron chi connectivity index (χ1n) is 16.0. The van der Waals surface area contributed by atoms with Crippen molar-refractivity contribution in [1.82, 2.24) is 19.9 Å². The molecule has 0 aliphatic heterocycles. The van der Waals surface area contributed by atoms with Crippen LogP contribution in [0.25, 0.3) is 44.1 Å². The molecule has 300 valence electrons. The fourth-order valence-corrected chi connectivity index (χ4v) is 4.00. The molecule has 5 rings (SSSR count). The molecular weight excluding hydrogens is 913 g/mol. The van der Waals surface area contributed by atoms with Gasteiger partial charge in [0.2, 0.25) is 0 Å². The molecule has 0 amide bonds. The van der Waals surface area contributed by atoms with Crippen LogP contribution in [0.1, 0.15) is 62.3 Å². The van der Waals surface area contributed by atoms with E-state index in [4.69, 9.17) is 5.26 Å². The first kappa shape index (κ1) is 55.4. The number of aromatic nitrogens is 4. The number of hydrogen-bond donors (Lipinski definition) is 0. The van der Waals surface area contributed by atoms with Gasteiger partial charge in [0.25, 0.3) is 0 Å². The van der Waals surface area contributed by atoms with E-state index in [0.29, 0.717) is 22.1 Å². The topological polar surface area (TPSA) is 282 Å². The summed E-state index contributed by atoms with van der Waals surface area (Å²) in [4.78, 5) is 57.2. The van der Waals surface area contributed by atoms with Crippen LogP contribution in [0.5, 0.6) is 11.5 Å². The second kappa shape index (κ2) is 28.4. The summed E-state index contributed by atoms with van der Waals surface area (Å²) in [5.41, 5.74) is 2.41. The molecule has 2 heterocycles. The van der Waals surface area contributed by atoms with E-state index in [1.807, 2.05) is 0 Å². The standard InChI is InChI=1S/C18H10N4O2.4C5H8O2.C2H3N.2Ru/c23-17-13-14(20-10-6-2-1-5-9(10)19-13)18(24)16-15(17)21-11-7-3-4-8-12(11)22-16;4*1-4(6)3-5(2)7;1-2-3;;/h1-8,23-24H;4*3,6H,1-2H3;1H3;;/q;;;;;;2*+3/p-6/b;4*4-3-;;;. The van der Waals surface area contributed by atoms with Crippen molar-refractivity contribution in [2.24, 2.45) is 0 Å². The van der Waals surface area contributed by atoms with Crippen molar-refractivity contribution in [3.8, 4) is 17.6 Å². The Morgan fingerprint density at radius 3 is 0.737 bits per heavy atom. The first-order chi connectivity index (χ1) is 25.6. The maximum Gasteiger partial charge on any atom is 3.00 e. The van der Waals surface area contributed by atoms with Crippen LogP contribution in [0.15, 0.2) is 95.9 Å². The van der Waals surface area contributed by atoms with Crippen molar-refractivity contribution in [2.75, 3.05) is 0 Å². The van der Waals surface area contributed by atoms with E-state index in [1.54, 1.807) is 54.6 Å². The van der Waals surface area contributed by atoms with Crippen molar-refractivity contribution in [3.63, 3.8) is 0 Å². The molecule has 0 unspecified atom stereocenters. The van der Waals surface area contributed by atoms with Crippen LogP contribution in [-0.4, -0.2) is 43.1 Å². The van der Waals surface area contributed by atoms with Crippen molar-refractivity contribution >= 4 is 67.3 Å².